The van der Waals surface area contributed by atoms with E-state index in [4.69, 9.17) is 4.99 Å². The van der Waals surface area contributed by atoms with E-state index < -0.39 is 5.54 Å². The van der Waals surface area contributed by atoms with Gasteiger partial charge in [-0.1, -0.05) is 56.0 Å². The maximum absolute atomic E-state index is 13.0. The van der Waals surface area contributed by atoms with Gasteiger partial charge in [0.25, 0.3) is 5.91 Å². The van der Waals surface area contributed by atoms with Gasteiger partial charge < -0.3 is 0 Å². The number of unbranched alkanes of at least 4 members (excludes halogenated alkanes) is 1. The number of aryl methyl sites for hydroxylation is 1. The predicted molar refractivity (Wildman–Crippen MR) is 89.9 cm³/mol. The van der Waals surface area contributed by atoms with Crippen LogP contribution in [0.1, 0.15) is 63.0 Å². The number of hydrogen-bond donors (Lipinski definition) is 0. The minimum atomic E-state index is -0.409. The van der Waals surface area contributed by atoms with E-state index in [1.165, 1.54) is 11.1 Å². The highest BCUT2D eigenvalue weighted by Crippen LogP contribution is 2.40. The molecule has 0 bridgehead atoms. The van der Waals surface area contributed by atoms with Crippen LogP contribution in [0.3, 0.4) is 0 Å². The zero-order valence-corrected chi connectivity index (χ0v) is 13.8. The van der Waals surface area contributed by atoms with Crippen molar-refractivity contribution in [2.24, 2.45) is 4.99 Å². The van der Waals surface area contributed by atoms with Crippen LogP contribution < -0.4 is 0 Å². The third kappa shape index (κ3) is 2.81. The summed E-state index contributed by atoms with van der Waals surface area (Å²) in [7, 11) is 0. The van der Waals surface area contributed by atoms with Gasteiger partial charge in [0.2, 0.25) is 0 Å². The largest absolute Gasteiger partial charge is 0.294 e. The van der Waals surface area contributed by atoms with Crippen LogP contribution in [-0.2, 0) is 11.3 Å². The molecule has 1 saturated carbocycles. The maximum atomic E-state index is 13.0. The fourth-order valence-corrected chi connectivity index (χ4v) is 3.57. The molecule has 3 heteroatoms. The third-order valence-corrected chi connectivity index (χ3v) is 4.94. The van der Waals surface area contributed by atoms with Crippen LogP contribution in [-0.4, -0.2) is 22.2 Å². The van der Waals surface area contributed by atoms with Crippen LogP contribution in [0.5, 0.6) is 0 Å². The Balaban J connectivity index is 1.82. The first kappa shape index (κ1) is 15.3. The van der Waals surface area contributed by atoms with Crippen LogP contribution in [0, 0.1) is 6.92 Å². The van der Waals surface area contributed by atoms with Crippen LogP contribution in [0.2, 0.25) is 0 Å². The predicted octanol–water partition coefficient (Wildman–Crippen LogP) is 4.24. The van der Waals surface area contributed by atoms with Crippen LogP contribution in [0.25, 0.3) is 0 Å². The summed E-state index contributed by atoms with van der Waals surface area (Å²) in [6.07, 6.45) is 7.31. The molecule has 1 aliphatic heterocycles. The van der Waals surface area contributed by atoms with Gasteiger partial charge in [-0.15, -0.1) is 0 Å². The third-order valence-electron chi connectivity index (χ3n) is 4.94. The minimum absolute atomic E-state index is 0.247. The number of rotatable bonds is 5. The first-order chi connectivity index (χ1) is 10.6. The zero-order chi connectivity index (χ0) is 15.6. The van der Waals surface area contributed by atoms with E-state index in [1.54, 1.807) is 0 Å². The van der Waals surface area contributed by atoms with Crippen molar-refractivity contribution in [2.45, 2.75) is 70.9 Å². The number of amidine groups is 1. The second-order valence-corrected chi connectivity index (χ2v) is 6.75. The molecule has 1 fully saturated rings. The van der Waals surface area contributed by atoms with Gasteiger partial charge in [0, 0.05) is 6.42 Å². The molecule has 0 unspecified atom stereocenters. The molecule has 0 saturated heterocycles. The smallest absolute Gasteiger partial charge is 0.256 e. The Hall–Kier alpha value is -1.64. The summed E-state index contributed by atoms with van der Waals surface area (Å²) in [6.45, 7) is 4.95. The molecular weight excluding hydrogens is 272 g/mol. The van der Waals surface area contributed by atoms with Gasteiger partial charge in [0.1, 0.15) is 11.4 Å². The van der Waals surface area contributed by atoms with Crippen molar-refractivity contribution in [3.63, 3.8) is 0 Å². The minimum Gasteiger partial charge on any atom is -0.294 e. The number of carbonyl (C=O) groups is 1. The standard InChI is InChI=1S/C19H26N2O/c1-3-4-7-17-20-19(12-5-6-13-19)18(22)21(17)14-16-10-8-15(2)9-11-16/h8-11H,3-7,12-14H2,1-2H3. The number of carbonyl (C=O) groups excluding carboxylic acids is 1. The molecule has 1 heterocycles. The van der Waals surface area contributed by atoms with E-state index in [1.807, 2.05) is 4.90 Å². The average molecular weight is 298 g/mol. The van der Waals surface area contributed by atoms with E-state index in [-0.39, 0.29) is 5.91 Å². The van der Waals surface area contributed by atoms with Crippen molar-refractivity contribution in [1.29, 1.82) is 0 Å². The normalized spacial score (nSPS) is 20.0. The SMILES string of the molecule is CCCCC1=NC2(CCCC2)C(=O)N1Cc1ccc(C)cc1. The number of nitrogens with zero attached hydrogens (tertiary/aromatic N) is 2. The Kier molecular flexibility index (Phi) is 4.32. The van der Waals surface area contributed by atoms with Crippen molar-refractivity contribution >= 4 is 11.7 Å². The monoisotopic (exact) mass is 298 g/mol. The first-order valence-electron chi connectivity index (χ1n) is 8.61. The molecule has 0 atom stereocenters. The Labute approximate surface area is 133 Å². The molecular formula is C19H26N2O. The maximum Gasteiger partial charge on any atom is 0.256 e. The Bertz CT molecular complexity index is 568. The summed E-state index contributed by atoms with van der Waals surface area (Å²) >= 11 is 0. The van der Waals surface area contributed by atoms with E-state index in [2.05, 4.69) is 38.1 Å². The van der Waals surface area contributed by atoms with Crippen molar-refractivity contribution in [2.75, 3.05) is 0 Å². The summed E-state index contributed by atoms with van der Waals surface area (Å²) in [5.41, 5.74) is 2.04. The summed E-state index contributed by atoms with van der Waals surface area (Å²) in [5, 5.41) is 0. The Morgan fingerprint density at radius 1 is 1.18 bits per heavy atom. The number of hydrogen-bond acceptors (Lipinski definition) is 2. The molecule has 3 nitrogen and oxygen atoms in total. The summed E-state index contributed by atoms with van der Waals surface area (Å²) in [5.74, 6) is 1.27. The van der Waals surface area contributed by atoms with Gasteiger partial charge in [0.05, 0.1) is 6.54 Å². The first-order valence-corrected chi connectivity index (χ1v) is 8.61. The van der Waals surface area contributed by atoms with Gasteiger partial charge in [-0.3, -0.25) is 14.7 Å². The van der Waals surface area contributed by atoms with Crippen LogP contribution >= 0.6 is 0 Å². The van der Waals surface area contributed by atoms with Crippen LogP contribution in [0.4, 0.5) is 0 Å². The zero-order valence-electron chi connectivity index (χ0n) is 13.8. The highest BCUT2D eigenvalue weighted by molar-refractivity contribution is 6.08. The second kappa shape index (κ2) is 6.23. The lowest BCUT2D eigenvalue weighted by Gasteiger charge is -2.22. The summed E-state index contributed by atoms with van der Waals surface area (Å²) in [6, 6.07) is 8.48. The van der Waals surface area contributed by atoms with E-state index in [0.29, 0.717) is 6.54 Å². The summed E-state index contributed by atoms with van der Waals surface area (Å²) < 4.78 is 0. The highest BCUT2D eigenvalue weighted by Gasteiger charge is 2.49. The fraction of sp³-hybridized carbons (Fsp3) is 0.579. The van der Waals surface area contributed by atoms with E-state index >= 15 is 0 Å². The molecule has 1 spiro atoms. The van der Waals surface area contributed by atoms with Crippen molar-refractivity contribution in [3.05, 3.63) is 35.4 Å². The second-order valence-electron chi connectivity index (χ2n) is 6.75. The van der Waals surface area contributed by atoms with Gasteiger partial charge in [-0.05, 0) is 31.7 Å². The molecule has 118 valence electrons. The lowest BCUT2D eigenvalue weighted by molar-refractivity contribution is -0.131. The molecule has 0 radical (unpaired) electrons. The molecule has 0 aromatic heterocycles. The Morgan fingerprint density at radius 3 is 2.50 bits per heavy atom. The van der Waals surface area contributed by atoms with Crippen molar-refractivity contribution in [1.82, 2.24) is 4.90 Å². The van der Waals surface area contributed by atoms with Gasteiger partial charge in [-0.2, -0.15) is 0 Å². The quantitative estimate of drug-likeness (QED) is 0.800. The topological polar surface area (TPSA) is 32.7 Å². The molecule has 1 aromatic carbocycles. The van der Waals surface area contributed by atoms with Gasteiger partial charge >= 0.3 is 0 Å². The van der Waals surface area contributed by atoms with Crippen molar-refractivity contribution in [3.8, 4) is 0 Å². The lowest BCUT2D eigenvalue weighted by atomic mass is 9.98. The molecule has 3 rings (SSSR count). The fourth-order valence-electron chi connectivity index (χ4n) is 3.57. The number of benzene rings is 1. The van der Waals surface area contributed by atoms with Crippen molar-refractivity contribution < 1.29 is 4.79 Å². The molecule has 2 aliphatic rings. The van der Waals surface area contributed by atoms with E-state index in [0.717, 1.165) is 50.8 Å². The lowest BCUT2D eigenvalue weighted by Crippen LogP contribution is -2.40. The molecule has 22 heavy (non-hydrogen) atoms. The average Bonchev–Trinajstić information content (AvgIpc) is 3.09. The molecule has 1 aromatic rings. The molecule has 0 N–H and O–H groups in total. The molecule has 1 aliphatic carbocycles. The number of amides is 1. The number of aliphatic imine (C=N–C) groups is 1. The Morgan fingerprint density at radius 2 is 1.86 bits per heavy atom. The van der Waals surface area contributed by atoms with Gasteiger partial charge in [-0.25, -0.2) is 0 Å². The van der Waals surface area contributed by atoms with Gasteiger partial charge in [0.15, 0.2) is 0 Å². The van der Waals surface area contributed by atoms with Crippen LogP contribution in [0.15, 0.2) is 29.3 Å². The van der Waals surface area contributed by atoms with E-state index in [9.17, 15) is 4.79 Å². The summed E-state index contributed by atoms with van der Waals surface area (Å²) in [4.78, 5) is 19.9. The highest BCUT2D eigenvalue weighted by atomic mass is 16.2. The molecule has 1 amide bonds.